The first-order chi connectivity index (χ1) is 13.7. The zero-order valence-corrected chi connectivity index (χ0v) is 18.7. The van der Waals surface area contributed by atoms with Crippen molar-refractivity contribution >= 4 is 6.47 Å². The highest BCUT2D eigenvalue weighted by Crippen LogP contribution is 2.51. The summed E-state index contributed by atoms with van der Waals surface area (Å²) < 4.78 is 11.2. The van der Waals surface area contributed by atoms with Crippen molar-refractivity contribution in [3.63, 3.8) is 0 Å². The van der Waals surface area contributed by atoms with Crippen molar-refractivity contribution in [3.05, 3.63) is 23.3 Å². The van der Waals surface area contributed by atoms with E-state index in [2.05, 4.69) is 20.8 Å². The van der Waals surface area contributed by atoms with Gasteiger partial charge in [0.25, 0.3) is 6.47 Å². The van der Waals surface area contributed by atoms with Gasteiger partial charge in [0.2, 0.25) is 0 Å². The fourth-order valence-corrected chi connectivity index (χ4v) is 4.65. The average Bonchev–Trinajstić information content (AvgIpc) is 2.65. The maximum Gasteiger partial charge on any atom is 0.293 e. The maximum absolute atomic E-state index is 10.9. The molecule has 1 aromatic rings. The number of unbranched alkanes of at least 4 members (excludes halogenated alkanes) is 3. The molecule has 0 aliphatic carbocycles. The van der Waals surface area contributed by atoms with Gasteiger partial charge in [-0.3, -0.25) is 4.79 Å². The standard InChI is InChI=1S/C24H38O5/c1-6-7-8-9-11-23(2,3)17-13-20(27)22-18(15-25)19(10-12-28-16-26)24(4,5)29-21(22)14-17/h13-14,16,18-19,25,27H,6-12,15H2,1-5H3/t18-,19?/m1/s1. The molecule has 0 amide bonds. The number of carbonyl (C=O) groups excluding carboxylic acids is 1. The average molecular weight is 407 g/mol. The molecule has 2 N–H and O–H groups in total. The third-order valence-electron chi connectivity index (χ3n) is 6.49. The molecule has 5 heteroatoms. The third-order valence-corrected chi connectivity index (χ3v) is 6.49. The van der Waals surface area contributed by atoms with Crippen LogP contribution in [0.2, 0.25) is 0 Å². The molecule has 2 atom stereocenters. The second-order valence-electron chi connectivity index (χ2n) is 9.46. The van der Waals surface area contributed by atoms with Crippen LogP contribution in [0.5, 0.6) is 11.5 Å². The van der Waals surface area contributed by atoms with Gasteiger partial charge in [-0.15, -0.1) is 0 Å². The molecule has 1 unspecified atom stereocenters. The largest absolute Gasteiger partial charge is 0.508 e. The smallest absolute Gasteiger partial charge is 0.293 e. The summed E-state index contributed by atoms with van der Waals surface area (Å²) in [7, 11) is 0. The summed E-state index contributed by atoms with van der Waals surface area (Å²) in [6, 6.07) is 3.87. The van der Waals surface area contributed by atoms with E-state index in [1.807, 2.05) is 26.0 Å². The first kappa shape index (κ1) is 23.5. The van der Waals surface area contributed by atoms with Gasteiger partial charge in [0.15, 0.2) is 0 Å². The molecule has 164 valence electrons. The molecule has 0 fully saturated rings. The van der Waals surface area contributed by atoms with Gasteiger partial charge in [0.05, 0.1) is 13.2 Å². The van der Waals surface area contributed by atoms with Crippen LogP contribution in [0, 0.1) is 5.92 Å². The lowest BCUT2D eigenvalue weighted by Crippen LogP contribution is -2.46. The van der Waals surface area contributed by atoms with Crippen LogP contribution in [0.15, 0.2) is 12.1 Å². The molecule has 0 radical (unpaired) electrons. The molecule has 2 rings (SSSR count). The zero-order chi connectivity index (χ0) is 21.7. The Labute approximate surface area is 175 Å². The predicted octanol–water partition coefficient (Wildman–Crippen LogP) is 5.07. The van der Waals surface area contributed by atoms with Crippen LogP contribution in [0.4, 0.5) is 0 Å². The number of carbonyl (C=O) groups is 1. The number of phenols is 1. The molecule has 0 spiro atoms. The van der Waals surface area contributed by atoms with Crippen LogP contribution < -0.4 is 4.74 Å². The molecule has 1 aromatic carbocycles. The minimum atomic E-state index is -0.553. The van der Waals surface area contributed by atoms with E-state index in [1.165, 1.54) is 19.3 Å². The lowest BCUT2D eigenvalue weighted by molar-refractivity contribution is -0.129. The highest BCUT2D eigenvalue weighted by Gasteiger charge is 2.45. The number of aliphatic hydroxyl groups is 1. The van der Waals surface area contributed by atoms with E-state index in [1.54, 1.807) is 0 Å². The second kappa shape index (κ2) is 9.84. The van der Waals surface area contributed by atoms with E-state index >= 15 is 0 Å². The molecule has 1 aliphatic rings. The quantitative estimate of drug-likeness (QED) is 0.396. The van der Waals surface area contributed by atoms with Gasteiger partial charge in [0.1, 0.15) is 17.1 Å². The lowest BCUT2D eigenvalue weighted by Gasteiger charge is -2.45. The topological polar surface area (TPSA) is 76.0 Å². The summed E-state index contributed by atoms with van der Waals surface area (Å²) in [5, 5.41) is 21.0. The number of benzene rings is 1. The number of hydrogen-bond donors (Lipinski definition) is 2. The molecule has 1 heterocycles. The molecule has 0 bridgehead atoms. The molecule has 0 saturated heterocycles. The number of aliphatic hydroxyl groups excluding tert-OH is 1. The van der Waals surface area contributed by atoms with Crippen molar-refractivity contribution in [2.45, 2.75) is 90.1 Å². The highest BCUT2D eigenvalue weighted by molar-refractivity contribution is 5.53. The normalized spacial score (nSPS) is 20.6. The monoisotopic (exact) mass is 406 g/mol. The third kappa shape index (κ3) is 5.44. The number of fused-ring (bicyclic) bond motifs is 1. The van der Waals surface area contributed by atoms with E-state index in [4.69, 9.17) is 9.47 Å². The van der Waals surface area contributed by atoms with Crippen LogP contribution in [0.1, 0.15) is 90.2 Å². The molecular formula is C24H38O5. The Kier molecular flexibility index (Phi) is 7.98. The fraction of sp³-hybridized carbons (Fsp3) is 0.708. The fourth-order valence-electron chi connectivity index (χ4n) is 4.65. The molecule has 5 nitrogen and oxygen atoms in total. The Morgan fingerprint density at radius 3 is 2.59 bits per heavy atom. The van der Waals surface area contributed by atoms with Crippen molar-refractivity contribution in [1.29, 1.82) is 0 Å². The van der Waals surface area contributed by atoms with Crippen molar-refractivity contribution < 1.29 is 24.5 Å². The summed E-state index contributed by atoms with van der Waals surface area (Å²) in [6.45, 7) is 11.2. The number of phenolic OH excluding ortho intramolecular Hbond substituents is 1. The Morgan fingerprint density at radius 2 is 1.97 bits per heavy atom. The number of ether oxygens (including phenoxy) is 2. The predicted molar refractivity (Wildman–Crippen MR) is 115 cm³/mol. The molecule has 1 aliphatic heterocycles. The van der Waals surface area contributed by atoms with Gasteiger partial charge in [-0.1, -0.05) is 46.5 Å². The van der Waals surface area contributed by atoms with Gasteiger partial charge in [-0.2, -0.15) is 0 Å². The maximum atomic E-state index is 10.9. The van der Waals surface area contributed by atoms with Gasteiger partial charge >= 0.3 is 0 Å². The molecule has 0 saturated carbocycles. The Balaban J connectivity index is 2.33. The lowest BCUT2D eigenvalue weighted by atomic mass is 9.71. The Bertz CT molecular complexity index is 680. The van der Waals surface area contributed by atoms with E-state index in [9.17, 15) is 15.0 Å². The summed E-state index contributed by atoms with van der Waals surface area (Å²) in [6.07, 6.45) is 6.44. The van der Waals surface area contributed by atoms with Gasteiger partial charge in [0, 0.05) is 17.4 Å². The molecule has 29 heavy (non-hydrogen) atoms. The summed E-state index contributed by atoms with van der Waals surface area (Å²) in [5.41, 5.74) is 1.09. The van der Waals surface area contributed by atoms with Crippen molar-refractivity contribution in [3.8, 4) is 11.5 Å². The SMILES string of the molecule is CCCCCCC(C)(C)c1cc(O)c2c(c1)OC(C)(C)C(CCOC=O)[C@H]2CO. The van der Waals surface area contributed by atoms with E-state index in [0.29, 0.717) is 24.2 Å². The minimum absolute atomic E-state index is 0.0723. The van der Waals surface area contributed by atoms with Gasteiger partial charge in [-0.25, -0.2) is 0 Å². The van der Waals surface area contributed by atoms with Crippen molar-refractivity contribution in [2.24, 2.45) is 5.92 Å². The second-order valence-corrected chi connectivity index (χ2v) is 9.46. The van der Waals surface area contributed by atoms with Crippen LogP contribution in [-0.2, 0) is 14.9 Å². The summed E-state index contributed by atoms with van der Waals surface area (Å²) in [5.74, 6) is 0.470. The van der Waals surface area contributed by atoms with Crippen LogP contribution >= 0.6 is 0 Å². The van der Waals surface area contributed by atoms with Gasteiger partial charge in [-0.05, 0) is 49.8 Å². The van der Waals surface area contributed by atoms with Crippen molar-refractivity contribution in [1.82, 2.24) is 0 Å². The van der Waals surface area contributed by atoms with Gasteiger partial charge < -0.3 is 19.7 Å². The number of hydrogen-bond acceptors (Lipinski definition) is 5. The first-order valence-corrected chi connectivity index (χ1v) is 10.9. The van der Waals surface area contributed by atoms with E-state index < -0.39 is 5.60 Å². The Morgan fingerprint density at radius 1 is 1.24 bits per heavy atom. The van der Waals surface area contributed by atoms with Crippen LogP contribution in [0.3, 0.4) is 0 Å². The minimum Gasteiger partial charge on any atom is -0.508 e. The van der Waals surface area contributed by atoms with E-state index in [0.717, 1.165) is 18.4 Å². The number of rotatable bonds is 11. The van der Waals surface area contributed by atoms with E-state index in [-0.39, 0.29) is 36.2 Å². The molecular weight excluding hydrogens is 368 g/mol. The first-order valence-electron chi connectivity index (χ1n) is 10.9. The highest BCUT2D eigenvalue weighted by atomic mass is 16.5. The summed E-state index contributed by atoms with van der Waals surface area (Å²) in [4.78, 5) is 10.5. The zero-order valence-electron chi connectivity index (χ0n) is 18.7. The Hall–Kier alpha value is -1.75. The molecule has 0 aromatic heterocycles. The van der Waals surface area contributed by atoms with Crippen LogP contribution in [-0.4, -0.2) is 35.5 Å². The van der Waals surface area contributed by atoms with Crippen LogP contribution in [0.25, 0.3) is 0 Å². The number of aromatic hydroxyl groups is 1. The van der Waals surface area contributed by atoms with Crippen molar-refractivity contribution in [2.75, 3.05) is 13.2 Å². The summed E-state index contributed by atoms with van der Waals surface area (Å²) >= 11 is 0.